The first kappa shape index (κ1) is 21.8. The van der Waals surface area contributed by atoms with Gasteiger partial charge in [0, 0.05) is 29.9 Å². The Kier molecular flexibility index (Phi) is 6.14. The second-order valence-electron chi connectivity index (χ2n) is 7.80. The average molecular weight is 453 g/mol. The molecule has 0 radical (unpaired) electrons. The van der Waals surface area contributed by atoms with Gasteiger partial charge < -0.3 is 14.6 Å². The van der Waals surface area contributed by atoms with Crippen molar-refractivity contribution in [1.29, 1.82) is 0 Å². The molecule has 1 fully saturated rings. The molecule has 0 atom stereocenters. The molecule has 0 spiro atoms. The Balaban J connectivity index is 1.36. The van der Waals surface area contributed by atoms with Gasteiger partial charge in [0.05, 0.1) is 16.4 Å². The number of likely N-dealkylation sites (tertiary alicyclic amines) is 1. The van der Waals surface area contributed by atoms with Crippen LogP contribution in [0.15, 0.2) is 76.2 Å². The lowest BCUT2D eigenvalue weighted by Crippen LogP contribution is -2.44. The van der Waals surface area contributed by atoms with Gasteiger partial charge in [0.1, 0.15) is 5.76 Å². The van der Waals surface area contributed by atoms with Gasteiger partial charge in [0.2, 0.25) is 0 Å². The number of carbonyl (C=O) groups excluding carboxylic acids is 2. The van der Waals surface area contributed by atoms with Crippen molar-refractivity contribution in [2.24, 2.45) is 0 Å². The highest BCUT2D eigenvalue weighted by Crippen LogP contribution is 2.27. The number of sulfone groups is 1. The summed E-state index contributed by atoms with van der Waals surface area (Å²) < 4.78 is 31.5. The van der Waals surface area contributed by atoms with E-state index in [1.165, 1.54) is 6.92 Å². The topological polar surface area (TPSA) is 96.7 Å². The van der Waals surface area contributed by atoms with Crippen LogP contribution in [0.4, 0.5) is 10.5 Å². The van der Waals surface area contributed by atoms with Crippen LogP contribution in [0.2, 0.25) is 0 Å². The van der Waals surface area contributed by atoms with E-state index in [1.54, 1.807) is 65.8 Å². The number of amides is 2. The molecule has 8 heteroatoms. The number of rotatable bonds is 5. The zero-order valence-electron chi connectivity index (χ0n) is 17.7. The molecule has 32 heavy (non-hydrogen) atoms. The van der Waals surface area contributed by atoms with Gasteiger partial charge in [0.25, 0.3) is 0 Å². The largest absolute Gasteiger partial charge is 0.464 e. The number of hydrogen-bond donors (Lipinski definition) is 1. The van der Waals surface area contributed by atoms with Gasteiger partial charge >= 0.3 is 6.03 Å². The number of furan rings is 1. The van der Waals surface area contributed by atoms with Crippen molar-refractivity contribution in [2.45, 2.75) is 29.9 Å². The average Bonchev–Trinajstić information content (AvgIpc) is 3.35. The fourth-order valence-corrected chi connectivity index (χ4v) is 5.54. The maximum atomic E-state index is 13.1. The highest BCUT2D eigenvalue weighted by Gasteiger charge is 2.32. The third kappa shape index (κ3) is 4.60. The molecule has 7 nitrogen and oxygen atoms in total. The number of Topliss-reactive ketones (excluding diaryl/α,β-unsaturated/α-hetero) is 1. The first-order valence-corrected chi connectivity index (χ1v) is 11.9. The summed E-state index contributed by atoms with van der Waals surface area (Å²) >= 11 is 0. The molecule has 1 saturated heterocycles. The van der Waals surface area contributed by atoms with E-state index in [0.29, 0.717) is 42.9 Å². The van der Waals surface area contributed by atoms with Crippen molar-refractivity contribution >= 4 is 27.3 Å². The molecule has 3 aromatic rings. The fourth-order valence-electron chi connectivity index (χ4n) is 3.80. The molecular weight excluding hydrogens is 428 g/mol. The third-order valence-corrected chi connectivity index (χ3v) is 7.98. The molecule has 2 aromatic carbocycles. The van der Waals surface area contributed by atoms with Crippen LogP contribution in [0.1, 0.15) is 30.1 Å². The smallest absolute Gasteiger partial charge is 0.321 e. The number of nitrogens with one attached hydrogen (secondary N) is 1. The summed E-state index contributed by atoms with van der Waals surface area (Å²) in [5, 5.41) is 2.27. The monoisotopic (exact) mass is 452 g/mol. The molecule has 0 bridgehead atoms. The van der Waals surface area contributed by atoms with Crippen LogP contribution in [0.5, 0.6) is 0 Å². The standard InChI is InChI=1S/C24H24N2O5S/c1-17(27)18-4-8-20(9-5-18)25-24(28)26-14-12-22(13-15-26)32(29,30)21-10-6-19(7-11-21)23-3-2-16-31-23/h2-11,16,22H,12-15H2,1H3,(H,25,28). The molecule has 0 aliphatic carbocycles. The van der Waals surface area contributed by atoms with E-state index in [9.17, 15) is 18.0 Å². The minimum atomic E-state index is -3.49. The van der Waals surface area contributed by atoms with E-state index in [1.807, 2.05) is 6.07 Å². The van der Waals surface area contributed by atoms with Crippen molar-refractivity contribution in [3.63, 3.8) is 0 Å². The number of benzene rings is 2. The van der Waals surface area contributed by atoms with Crippen LogP contribution in [0.25, 0.3) is 11.3 Å². The summed E-state index contributed by atoms with van der Waals surface area (Å²) in [7, 11) is -3.49. The van der Waals surface area contributed by atoms with Gasteiger partial charge in [-0.3, -0.25) is 4.79 Å². The van der Waals surface area contributed by atoms with Crippen molar-refractivity contribution < 1.29 is 22.4 Å². The van der Waals surface area contributed by atoms with Crippen molar-refractivity contribution in [3.05, 3.63) is 72.5 Å². The molecular formula is C24H24N2O5S. The molecule has 1 aliphatic heterocycles. The normalized spacial score (nSPS) is 14.8. The molecule has 2 amide bonds. The van der Waals surface area contributed by atoms with Gasteiger partial charge in [-0.25, -0.2) is 13.2 Å². The number of ketones is 1. The third-order valence-electron chi connectivity index (χ3n) is 5.70. The van der Waals surface area contributed by atoms with Crippen LogP contribution in [-0.2, 0) is 9.84 Å². The second kappa shape index (κ2) is 9.00. The lowest BCUT2D eigenvalue weighted by Gasteiger charge is -2.31. The van der Waals surface area contributed by atoms with Gasteiger partial charge in [-0.05, 0) is 80.4 Å². The molecule has 2 heterocycles. The predicted octanol–water partition coefficient (Wildman–Crippen LogP) is 4.62. The van der Waals surface area contributed by atoms with Crippen LogP contribution in [0, 0.1) is 0 Å². The maximum Gasteiger partial charge on any atom is 0.321 e. The Hall–Kier alpha value is -3.39. The summed E-state index contributed by atoms with van der Waals surface area (Å²) in [6.45, 7) is 2.19. The Bertz CT molecular complexity index is 1190. The lowest BCUT2D eigenvalue weighted by atomic mass is 10.1. The number of piperidine rings is 1. The number of urea groups is 1. The highest BCUT2D eigenvalue weighted by atomic mass is 32.2. The number of nitrogens with zero attached hydrogens (tertiary/aromatic N) is 1. The molecule has 1 aromatic heterocycles. The summed E-state index contributed by atoms with van der Waals surface area (Å²) in [4.78, 5) is 25.8. The first-order chi connectivity index (χ1) is 15.3. The molecule has 0 saturated carbocycles. The number of carbonyl (C=O) groups is 2. The summed E-state index contributed by atoms with van der Waals surface area (Å²) in [5.41, 5.74) is 1.98. The first-order valence-electron chi connectivity index (χ1n) is 10.4. The Morgan fingerprint density at radius 1 is 0.969 bits per heavy atom. The summed E-state index contributed by atoms with van der Waals surface area (Å²) in [6.07, 6.45) is 2.32. The van der Waals surface area contributed by atoms with Crippen LogP contribution in [-0.4, -0.2) is 43.5 Å². The molecule has 0 unspecified atom stereocenters. The quantitative estimate of drug-likeness (QED) is 0.570. The summed E-state index contributed by atoms with van der Waals surface area (Å²) in [6, 6.07) is 16.7. The predicted molar refractivity (Wildman–Crippen MR) is 121 cm³/mol. The zero-order chi connectivity index (χ0) is 22.7. The van der Waals surface area contributed by atoms with Crippen LogP contribution in [0.3, 0.4) is 0 Å². The lowest BCUT2D eigenvalue weighted by molar-refractivity contribution is 0.101. The van der Waals surface area contributed by atoms with E-state index < -0.39 is 15.1 Å². The van der Waals surface area contributed by atoms with Crippen molar-refractivity contribution in [2.75, 3.05) is 18.4 Å². The van der Waals surface area contributed by atoms with E-state index in [-0.39, 0.29) is 16.7 Å². The number of hydrogen-bond acceptors (Lipinski definition) is 5. The van der Waals surface area contributed by atoms with E-state index in [2.05, 4.69) is 5.32 Å². The van der Waals surface area contributed by atoms with Crippen LogP contribution >= 0.6 is 0 Å². The van der Waals surface area contributed by atoms with E-state index in [4.69, 9.17) is 4.42 Å². The van der Waals surface area contributed by atoms with Crippen LogP contribution < -0.4 is 5.32 Å². The zero-order valence-corrected chi connectivity index (χ0v) is 18.5. The SMILES string of the molecule is CC(=O)c1ccc(NC(=O)N2CCC(S(=O)(=O)c3ccc(-c4ccco4)cc3)CC2)cc1. The molecule has 4 rings (SSSR count). The van der Waals surface area contributed by atoms with Gasteiger partial charge in [-0.2, -0.15) is 0 Å². The summed E-state index contributed by atoms with van der Waals surface area (Å²) in [5.74, 6) is 0.644. The Morgan fingerprint density at radius 3 is 2.19 bits per heavy atom. The van der Waals surface area contributed by atoms with E-state index >= 15 is 0 Å². The molecule has 166 valence electrons. The minimum absolute atomic E-state index is 0.0400. The van der Waals surface area contributed by atoms with Gasteiger partial charge in [-0.15, -0.1) is 0 Å². The Labute approximate surface area is 187 Å². The number of anilines is 1. The second-order valence-corrected chi connectivity index (χ2v) is 10.0. The fraction of sp³-hybridized carbons (Fsp3) is 0.250. The van der Waals surface area contributed by atoms with E-state index in [0.717, 1.165) is 5.56 Å². The molecule has 1 aliphatic rings. The minimum Gasteiger partial charge on any atom is -0.464 e. The van der Waals surface area contributed by atoms with Gasteiger partial charge in [0.15, 0.2) is 15.6 Å². The highest BCUT2D eigenvalue weighted by molar-refractivity contribution is 7.92. The van der Waals surface area contributed by atoms with Gasteiger partial charge in [-0.1, -0.05) is 0 Å². The maximum absolute atomic E-state index is 13.1. The van der Waals surface area contributed by atoms with Crippen molar-refractivity contribution in [3.8, 4) is 11.3 Å². The van der Waals surface area contributed by atoms with Crippen molar-refractivity contribution in [1.82, 2.24) is 4.90 Å². The molecule has 1 N–H and O–H groups in total. The Morgan fingerprint density at radius 2 is 1.62 bits per heavy atom.